The number of rotatable bonds is 9. The Balaban J connectivity index is 1.45. The Morgan fingerprint density at radius 2 is 1.74 bits per heavy atom. The summed E-state index contributed by atoms with van der Waals surface area (Å²) >= 11 is 0. The standard InChI is InChI=1S/C31H32FNO6/c1-37-27-16-13-22-18-33(30(34)28(21-7-3-2-4-8-21)39-24-9-5-6-10-24)26(31(35)36)17-25(22)29(27)38-19-20-11-14-23(32)15-12-20/h2-4,7-8,11-16,24,26,28H,5-6,9-10,17-19H2,1H3,(H,35,36)/t26-,28+/m0/s1. The van der Waals surface area contributed by atoms with Gasteiger partial charge in [-0.2, -0.15) is 0 Å². The smallest absolute Gasteiger partial charge is 0.326 e. The number of hydrogen-bond donors (Lipinski definition) is 1. The number of carboxylic acids is 1. The van der Waals surface area contributed by atoms with Gasteiger partial charge in [-0.05, 0) is 47.7 Å². The summed E-state index contributed by atoms with van der Waals surface area (Å²) in [6.07, 6.45) is 3.01. The Labute approximate surface area is 227 Å². The van der Waals surface area contributed by atoms with Gasteiger partial charge in [0.25, 0.3) is 5.91 Å². The van der Waals surface area contributed by atoms with Crippen LogP contribution < -0.4 is 9.47 Å². The van der Waals surface area contributed by atoms with Crippen LogP contribution in [0.3, 0.4) is 0 Å². The van der Waals surface area contributed by atoms with Crippen molar-refractivity contribution in [3.05, 3.63) is 94.8 Å². The molecular formula is C31H32FNO6. The van der Waals surface area contributed by atoms with E-state index < -0.39 is 18.1 Å². The average molecular weight is 534 g/mol. The molecule has 0 spiro atoms. The summed E-state index contributed by atoms with van der Waals surface area (Å²) in [7, 11) is 1.52. The van der Waals surface area contributed by atoms with Crippen molar-refractivity contribution in [1.29, 1.82) is 0 Å². The number of carbonyl (C=O) groups is 2. The van der Waals surface area contributed by atoms with Crippen molar-refractivity contribution in [1.82, 2.24) is 4.90 Å². The summed E-state index contributed by atoms with van der Waals surface area (Å²) in [5, 5.41) is 10.2. The van der Waals surface area contributed by atoms with Gasteiger partial charge < -0.3 is 24.2 Å². The Hall–Kier alpha value is -3.91. The highest BCUT2D eigenvalue weighted by Gasteiger charge is 2.41. The zero-order valence-electron chi connectivity index (χ0n) is 21.8. The van der Waals surface area contributed by atoms with Gasteiger partial charge in [0.05, 0.1) is 13.2 Å². The van der Waals surface area contributed by atoms with Crippen molar-refractivity contribution in [3.8, 4) is 11.5 Å². The molecule has 2 atom stereocenters. The molecule has 1 saturated carbocycles. The zero-order chi connectivity index (χ0) is 27.4. The first-order valence-electron chi connectivity index (χ1n) is 13.2. The molecule has 3 aromatic rings. The second-order valence-electron chi connectivity index (χ2n) is 10.0. The van der Waals surface area contributed by atoms with Crippen LogP contribution in [0.25, 0.3) is 0 Å². The van der Waals surface area contributed by atoms with Crippen LogP contribution in [0.2, 0.25) is 0 Å². The predicted molar refractivity (Wildman–Crippen MR) is 142 cm³/mol. The first kappa shape index (κ1) is 26.7. The van der Waals surface area contributed by atoms with Crippen LogP contribution in [0.15, 0.2) is 66.7 Å². The van der Waals surface area contributed by atoms with E-state index in [0.717, 1.165) is 36.8 Å². The molecule has 204 valence electrons. The molecule has 1 amide bonds. The van der Waals surface area contributed by atoms with E-state index in [2.05, 4.69) is 0 Å². The fourth-order valence-corrected chi connectivity index (χ4v) is 5.40. The fourth-order valence-electron chi connectivity index (χ4n) is 5.40. The molecule has 2 aliphatic rings. The number of aliphatic carboxylic acids is 1. The van der Waals surface area contributed by atoms with E-state index in [-0.39, 0.29) is 37.4 Å². The minimum absolute atomic E-state index is 0.0322. The Kier molecular flexibility index (Phi) is 8.12. The highest BCUT2D eigenvalue weighted by molar-refractivity contribution is 5.88. The molecule has 1 N–H and O–H groups in total. The van der Waals surface area contributed by atoms with Crippen LogP contribution in [-0.4, -0.2) is 41.1 Å². The number of carboxylic acid groups (broad SMARTS) is 1. The number of methoxy groups -OCH3 is 1. The second-order valence-corrected chi connectivity index (χ2v) is 10.0. The van der Waals surface area contributed by atoms with Gasteiger partial charge in [0.1, 0.15) is 18.5 Å². The summed E-state index contributed by atoms with van der Waals surface area (Å²) in [4.78, 5) is 27.9. The van der Waals surface area contributed by atoms with Crippen LogP contribution in [0.4, 0.5) is 4.39 Å². The number of benzene rings is 3. The van der Waals surface area contributed by atoms with E-state index in [1.165, 1.54) is 24.1 Å². The molecule has 0 unspecified atom stereocenters. The summed E-state index contributed by atoms with van der Waals surface area (Å²) in [6, 6.07) is 17.7. The first-order chi connectivity index (χ1) is 18.9. The minimum Gasteiger partial charge on any atom is -0.493 e. The van der Waals surface area contributed by atoms with E-state index in [1.807, 2.05) is 36.4 Å². The van der Waals surface area contributed by atoms with Crippen LogP contribution in [0.5, 0.6) is 11.5 Å². The molecule has 8 heteroatoms. The summed E-state index contributed by atoms with van der Waals surface area (Å²) < 4.78 is 31.3. The molecule has 0 aromatic heterocycles. The van der Waals surface area contributed by atoms with Gasteiger partial charge in [0, 0.05) is 18.5 Å². The molecule has 1 fully saturated rings. The first-order valence-corrected chi connectivity index (χ1v) is 13.2. The Morgan fingerprint density at radius 3 is 2.41 bits per heavy atom. The van der Waals surface area contributed by atoms with Crippen LogP contribution in [0, 0.1) is 5.82 Å². The molecule has 39 heavy (non-hydrogen) atoms. The normalized spacial score (nSPS) is 17.9. The molecule has 0 bridgehead atoms. The van der Waals surface area contributed by atoms with E-state index in [0.29, 0.717) is 22.6 Å². The van der Waals surface area contributed by atoms with Crippen molar-refractivity contribution in [2.45, 2.75) is 63.5 Å². The molecule has 7 nitrogen and oxygen atoms in total. The largest absolute Gasteiger partial charge is 0.493 e. The lowest BCUT2D eigenvalue weighted by Crippen LogP contribution is -2.50. The molecule has 3 aromatic carbocycles. The number of halogens is 1. The highest BCUT2D eigenvalue weighted by atomic mass is 19.1. The Morgan fingerprint density at radius 1 is 1.03 bits per heavy atom. The summed E-state index contributed by atoms with van der Waals surface area (Å²) in [5.74, 6) is -0.913. The van der Waals surface area contributed by atoms with Crippen molar-refractivity contribution in [2.75, 3.05) is 7.11 Å². The fraction of sp³-hybridized carbons (Fsp3) is 0.355. The maximum atomic E-state index is 14.0. The number of carbonyl (C=O) groups excluding carboxylic acids is 1. The maximum absolute atomic E-state index is 14.0. The number of nitrogens with zero attached hydrogens (tertiary/aromatic N) is 1. The maximum Gasteiger partial charge on any atom is 0.326 e. The van der Waals surface area contributed by atoms with Crippen LogP contribution >= 0.6 is 0 Å². The molecule has 0 radical (unpaired) electrons. The molecule has 1 heterocycles. The van der Waals surface area contributed by atoms with E-state index in [1.54, 1.807) is 18.2 Å². The Bertz CT molecular complexity index is 1310. The lowest BCUT2D eigenvalue weighted by Gasteiger charge is -2.37. The molecule has 0 saturated heterocycles. The lowest BCUT2D eigenvalue weighted by molar-refractivity contribution is -0.160. The quantitative estimate of drug-likeness (QED) is 0.394. The second kappa shape index (κ2) is 11.9. The third kappa shape index (κ3) is 5.91. The van der Waals surface area contributed by atoms with Gasteiger partial charge in [-0.3, -0.25) is 4.79 Å². The van der Waals surface area contributed by atoms with Gasteiger partial charge in [0.2, 0.25) is 0 Å². The zero-order valence-corrected chi connectivity index (χ0v) is 21.8. The van der Waals surface area contributed by atoms with Gasteiger partial charge in [-0.25, -0.2) is 9.18 Å². The highest BCUT2D eigenvalue weighted by Crippen LogP contribution is 2.40. The number of amides is 1. The predicted octanol–water partition coefficient (Wildman–Crippen LogP) is 5.45. The van der Waals surface area contributed by atoms with Gasteiger partial charge in [-0.1, -0.05) is 61.4 Å². The van der Waals surface area contributed by atoms with Crippen molar-refractivity contribution >= 4 is 11.9 Å². The van der Waals surface area contributed by atoms with Crippen LogP contribution in [0.1, 0.15) is 54.0 Å². The number of hydrogen-bond acceptors (Lipinski definition) is 5. The van der Waals surface area contributed by atoms with Gasteiger partial charge in [0.15, 0.2) is 17.6 Å². The molecule has 1 aliphatic heterocycles. The monoisotopic (exact) mass is 533 g/mol. The van der Waals surface area contributed by atoms with Crippen molar-refractivity contribution in [3.63, 3.8) is 0 Å². The summed E-state index contributed by atoms with van der Waals surface area (Å²) in [6.45, 7) is 0.248. The van der Waals surface area contributed by atoms with E-state index in [9.17, 15) is 19.1 Å². The van der Waals surface area contributed by atoms with Gasteiger partial charge >= 0.3 is 5.97 Å². The van der Waals surface area contributed by atoms with E-state index >= 15 is 0 Å². The molecule has 5 rings (SSSR count). The SMILES string of the molecule is COc1ccc2c(c1OCc1ccc(F)cc1)C[C@@H](C(=O)O)N(C(=O)[C@H](OC1CCCC1)c1ccccc1)C2. The van der Waals surface area contributed by atoms with Crippen molar-refractivity contribution < 1.29 is 33.3 Å². The average Bonchev–Trinajstić information content (AvgIpc) is 3.48. The molecule has 1 aliphatic carbocycles. The number of ether oxygens (including phenoxy) is 3. The topological polar surface area (TPSA) is 85.3 Å². The minimum atomic E-state index is -1.11. The molecular weight excluding hydrogens is 501 g/mol. The summed E-state index contributed by atoms with van der Waals surface area (Å²) in [5.41, 5.74) is 2.93. The van der Waals surface area contributed by atoms with Crippen LogP contribution in [-0.2, 0) is 33.9 Å². The third-order valence-corrected chi connectivity index (χ3v) is 7.48. The third-order valence-electron chi connectivity index (χ3n) is 7.48. The van der Waals surface area contributed by atoms with Crippen molar-refractivity contribution in [2.24, 2.45) is 0 Å². The lowest BCUT2D eigenvalue weighted by atomic mass is 9.91. The van der Waals surface area contributed by atoms with Gasteiger partial charge in [-0.15, -0.1) is 0 Å². The number of fused-ring (bicyclic) bond motifs is 1. The van der Waals surface area contributed by atoms with E-state index in [4.69, 9.17) is 14.2 Å².